The molecule has 0 aliphatic rings. The highest BCUT2D eigenvalue weighted by atomic mass is 16.2. The summed E-state index contributed by atoms with van der Waals surface area (Å²) in [5.41, 5.74) is 0. The maximum atomic E-state index is 10.8. The number of urea groups is 1. The number of rotatable bonds is 2. The Bertz CT molecular complexity index is 219. The van der Waals surface area contributed by atoms with Crippen LogP contribution < -0.4 is 10.6 Å². The minimum atomic E-state index is -0.276. The second-order valence-electron chi connectivity index (χ2n) is 1.84. The van der Waals surface area contributed by atoms with E-state index in [-0.39, 0.29) is 6.03 Å². The van der Waals surface area contributed by atoms with Crippen molar-refractivity contribution in [2.45, 2.75) is 6.92 Å². The van der Waals surface area contributed by atoms with Gasteiger partial charge in [0.1, 0.15) is 0 Å². The van der Waals surface area contributed by atoms with Crippen molar-refractivity contribution in [1.82, 2.24) is 20.7 Å². The van der Waals surface area contributed by atoms with E-state index in [1.54, 1.807) is 0 Å². The summed E-state index contributed by atoms with van der Waals surface area (Å²) in [4.78, 5) is 10.8. The first-order valence-electron chi connectivity index (χ1n) is 3.23. The third-order valence-electron chi connectivity index (χ3n) is 0.994. The molecular formula is C5H9N5O. The molecule has 0 bridgehead atoms. The van der Waals surface area contributed by atoms with Crippen LogP contribution in [0.4, 0.5) is 10.6 Å². The first-order valence-corrected chi connectivity index (χ1v) is 3.23. The monoisotopic (exact) mass is 155 g/mol. The molecule has 0 unspecified atom stereocenters. The predicted octanol–water partition coefficient (Wildman–Crippen LogP) is -0.0539. The van der Waals surface area contributed by atoms with Crippen molar-refractivity contribution in [2.75, 3.05) is 11.9 Å². The summed E-state index contributed by atoms with van der Waals surface area (Å²) in [6, 6.07) is -0.276. The van der Waals surface area contributed by atoms with Crippen LogP contribution >= 0.6 is 0 Å². The summed E-state index contributed by atoms with van der Waals surface area (Å²) in [6.45, 7) is 2.42. The fraction of sp³-hybridized carbons (Fsp3) is 0.400. The highest BCUT2D eigenvalue weighted by Crippen LogP contribution is 1.93. The molecule has 0 fully saturated rings. The molecule has 60 valence electrons. The number of nitrogens with one attached hydrogen (secondary N) is 3. The number of carbonyl (C=O) groups is 1. The van der Waals surface area contributed by atoms with Gasteiger partial charge in [0.25, 0.3) is 0 Å². The molecule has 0 aliphatic carbocycles. The number of amides is 2. The van der Waals surface area contributed by atoms with Gasteiger partial charge in [-0.1, -0.05) is 0 Å². The van der Waals surface area contributed by atoms with Gasteiger partial charge in [-0.05, 0) is 6.92 Å². The average Bonchev–Trinajstić information content (AvgIpc) is 2.40. The number of aromatic amines is 1. The number of nitrogens with zero attached hydrogens (tertiary/aromatic N) is 2. The smallest absolute Gasteiger partial charge is 0.320 e. The Kier molecular flexibility index (Phi) is 2.42. The Hall–Kier alpha value is -1.59. The van der Waals surface area contributed by atoms with Crippen molar-refractivity contribution in [3.8, 4) is 0 Å². The SMILES string of the molecule is CCNC(=O)Nc1cn[nH]n1. The third kappa shape index (κ3) is 2.24. The number of aromatic nitrogens is 3. The number of H-pyrrole nitrogens is 1. The Labute approximate surface area is 63.4 Å². The molecule has 0 aromatic carbocycles. The molecule has 1 rings (SSSR count). The Morgan fingerprint density at radius 1 is 1.82 bits per heavy atom. The molecule has 3 N–H and O–H groups in total. The van der Waals surface area contributed by atoms with Gasteiger partial charge in [0, 0.05) is 6.54 Å². The van der Waals surface area contributed by atoms with Gasteiger partial charge in [0.2, 0.25) is 0 Å². The summed E-state index contributed by atoms with van der Waals surface area (Å²) in [7, 11) is 0. The molecule has 11 heavy (non-hydrogen) atoms. The maximum Gasteiger partial charge on any atom is 0.320 e. The average molecular weight is 155 g/mol. The summed E-state index contributed by atoms with van der Waals surface area (Å²) in [5, 5.41) is 14.5. The van der Waals surface area contributed by atoms with E-state index in [2.05, 4.69) is 26.0 Å². The van der Waals surface area contributed by atoms with Gasteiger partial charge < -0.3 is 5.32 Å². The Morgan fingerprint density at radius 2 is 2.64 bits per heavy atom. The van der Waals surface area contributed by atoms with Gasteiger partial charge in [-0.2, -0.15) is 10.3 Å². The van der Waals surface area contributed by atoms with Gasteiger partial charge >= 0.3 is 6.03 Å². The molecule has 2 amide bonds. The van der Waals surface area contributed by atoms with E-state index < -0.39 is 0 Å². The zero-order valence-electron chi connectivity index (χ0n) is 6.09. The van der Waals surface area contributed by atoms with E-state index in [1.165, 1.54) is 6.20 Å². The summed E-state index contributed by atoms with van der Waals surface area (Å²) < 4.78 is 0. The fourth-order valence-electron chi connectivity index (χ4n) is 0.583. The van der Waals surface area contributed by atoms with Crippen LogP contribution in [0.1, 0.15) is 6.92 Å². The largest absolute Gasteiger partial charge is 0.338 e. The lowest BCUT2D eigenvalue weighted by Crippen LogP contribution is -2.28. The minimum absolute atomic E-state index is 0.276. The maximum absolute atomic E-state index is 10.8. The molecule has 6 nitrogen and oxygen atoms in total. The Balaban J connectivity index is 2.37. The number of carbonyl (C=O) groups excluding carboxylic acids is 1. The van der Waals surface area contributed by atoms with E-state index in [9.17, 15) is 4.79 Å². The standard InChI is InChI=1S/C5H9N5O/c1-2-6-5(11)8-4-3-7-10-9-4/h3H,2H2,1H3,(H3,6,7,8,9,10,11). The van der Waals surface area contributed by atoms with Gasteiger partial charge in [-0.15, -0.1) is 5.10 Å². The number of anilines is 1. The van der Waals surface area contributed by atoms with Crippen molar-refractivity contribution in [1.29, 1.82) is 0 Å². The molecule has 0 saturated heterocycles. The quantitative estimate of drug-likeness (QED) is 0.559. The van der Waals surface area contributed by atoms with Crippen molar-refractivity contribution in [2.24, 2.45) is 0 Å². The highest BCUT2D eigenvalue weighted by Gasteiger charge is 1.99. The fourth-order valence-corrected chi connectivity index (χ4v) is 0.583. The number of hydrogen-bond acceptors (Lipinski definition) is 3. The molecule has 0 spiro atoms. The van der Waals surface area contributed by atoms with E-state index >= 15 is 0 Å². The van der Waals surface area contributed by atoms with Crippen molar-refractivity contribution < 1.29 is 4.79 Å². The predicted molar refractivity (Wildman–Crippen MR) is 39.1 cm³/mol. The van der Waals surface area contributed by atoms with Gasteiger partial charge in [0.15, 0.2) is 5.82 Å². The molecule has 0 atom stereocenters. The first kappa shape index (κ1) is 7.52. The van der Waals surface area contributed by atoms with Crippen LogP contribution in [0, 0.1) is 0 Å². The van der Waals surface area contributed by atoms with Gasteiger partial charge in [0.05, 0.1) is 6.20 Å². The van der Waals surface area contributed by atoms with Crippen LogP contribution in [0.2, 0.25) is 0 Å². The minimum Gasteiger partial charge on any atom is -0.338 e. The topological polar surface area (TPSA) is 82.7 Å². The Morgan fingerprint density at radius 3 is 3.18 bits per heavy atom. The van der Waals surface area contributed by atoms with Crippen molar-refractivity contribution in [3.05, 3.63) is 6.20 Å². The third-order valence-corrected chi connectivity index (χ3v) is 0.994. The molecule has 6 heteroatoms. The highest BCUT2D eigenvalue weighted by molar-refractivity contribution is 5.87. The molecule has 0 radical (unpaired) electrons. The lowest BCUT2D eigenvalue weighted by atomic mass is 10.7. The normalized spacial score (nSPS) is 9.18. The van der Waals surface area contributed by atoms with Crippen LogP contribution in [0.5, 0.6) is 0 Å². The molecule has 1 heterocycles. The lowest BCUT2D eigenvalue weighted by molar-refractivity contribution is 0.252. The van der Waals surface area contributed by atoms with Crippen molar-refractivity contribution >= 4 is 11.8 Å². The van der Waals surface area contributed by atoms with E-state index in [1.807, 2.05) is 6.92 Å². The second-order valence-corrected chi connectivity index (χ2v) is 1.84. The first-order chi connectivity index (χ1) is 5.33. The van der Waals surface area contributed by atoms with Gasteiger partial charge in [-0.25, -0.2) is 4.79 Å². The van der Waals surface area contributed by atoms with E-state index in [0.717, 1.165) is 0 Å². The summed E-state index contributed by atoms with van der Waals surface area (Å²) >= 11 is 0. The van der Waals surface area contributed by atoms with E-state index in [4.69, 9.17) is 0 Å². The summed E-state index contributed by atoms with van der Waals surface area (Å²) in [6.07, 6.45) is 1.43. The van der Waals surface area contributed by atoms with Crippen LogP contribution in [0.25, 0.3) is 0 Å². The van der Waals surface area contributed by atoms with Crippen LogP contribution in [-0.4, -0.2) is 28.0 Å². The molecule has 0 saturated carbocycles. The molecule has 1 aromatic heterocycles. The zero-order chi connectivity index (χ0) is 8.10. The lowest BCUT2D eigenvalue weighted by Gasteiger charge is -1.99. The van der Waals surface area contributed by atoms with Crippen LogP contribution in [-0.2, 0) is 0 Å². The molecule has 0 aliphatic heterocycles. The van der Waals surface area contributed by atoms with Crippen molar-refractivity contribution in [3.63, 3.8) is 0 Å². The zero-order valence-corrected chi connectivity index (χ0v) is 6.09. The van der Waals surface area contributed by atoms with Gasteiger partial charge in [-0.3, -0.25) is 5.32 Å². The second kappa shape index (κ2) is 3.55. The van der Waals surface area contributed by atoms with Crippen LogP contribution in [0.3, 0.4) is 0 Å². The van der Waals surface area contributed by atoms with E-state index in [0.29, 0.717) is 12.4 Å². The number of hydrogen-bond donors (Lipinski definition) is 3. The van der Waals surface area contributed by atoms with Crippen LogP contribution in [0.15, 0.2) is 6.20 Å². The molecule has 1 aromatic rings. The summed E-state index contributed by atoms with van der Waals surface area (Å²) in [5.74, 6) is 0.413. The molecular weight excluding hydrogens is 146 g/mol.